The molecule has 0 aromatic heterocycles. The zero-order chi connectivity index (χ0) is 19.1. The zero-order valence-corrected chi connectivity index (χ0v) is 15.6. The highest BCUT2D eigenvalue weighted by Crippen LogP contribution is 2.35. The van der Waals surface area contributed by atoms with E-state index in [1.807, 2.05) is 12.1 Å². The second kappa shape index (κ2) is 9.38. The SMILES string of the molecule is C=C(C#Cc1ccc(C2CCC(C)CC2)cc1)/C(F)=C(/F)C(=C)OCC. The van der Waals surface area contributed by atoms with E-state index in [4.69, 9.17) is 4.74 Å². The number of hydrogen-bond donors (Lipinski definition) is 0. The van der Waals surface area contributed by atoms with Crippen LogP contribution in [0.2, 0.25) is 0 Å². The van der Waals surface area contributed by atoms with E-state index >= 15 is 0 Å². The Hall–Kier alpha value is -2.34. The van der Waals surface area contributed by atoms with Crippen LogP contribution < -0.4 is 0 Å². The van der Waals surface area contributed by atoms with E-state index in [0.29, 0.717) is 5.92 Å². The Labute approximate surface area is 155 Å². The average molecular weight is 356 g/mol. The van der Waals surface area contributed by atoms with Crippen molar-refractivity contribution in [2.24, 2.45) is 5.92 Å². The van der Waals surface area contributed by atoms with Crippen molar-refractivity contribution in [3.63, 3.8) is 0 Å². The van der Waals surface area contributed by atoms with E-state index in [-0.39, 0.29) is 17.9 Å². The molecule has 1 saturated carbocycles. The predicted molar refractivity (Wildman–Crippen MR) is 103 cm³/mol. The van der Waals surface area contributed by atoms with Gasteiger partial charge < -0.3 is 4.74 Å². The zero-order valence-electron chi connectivity index (χ0n) is 15.6. The molecule has 0 atom stereocenters. The maximum Gasteiger partial charge on any atom is 0.201 e. The van der Waals surface area contributed by atoms with Crippen molar-refractivity contribution < 1.29 is 13.5 Å². The number of benzene rings is 1. The van der Waals surface area contributed by atoms with E-state index in [1.165, 1.54) is 31.2 Å². The minimum absolute atomic E-state index is 0.212. The highest BCUT2D eigenvalue weighted by atomic mass is 19.2. The smallest absolute Gasteiger partial charge is 0.201 e. The van der Waals surface area contributed by atoms with Crippen LogP contribution >= 0.6 is 0 Å². The van der Waals surface area contributed by atoms with Gasteiger partial charge in [0.2, 0.25) is 5.83 Å². The molecule has 1 aromatic carbocycles. The summed E-state index contributed by atoms with van der Waals surface area (Å²) in [5, 5.41) is 0. The first-order chi connectivity index (χ1) is 12.4. The Kier molecular flexibility index (Phi) is 7.21. The summed E-state index contributed by atoms with van der Waals surface area (Å²) in [5.41, 5.74) is 1.84. The minimum Gasteiger partial charge on any atom is -0.491 e. The highest BCUT2D eigenvalue weighted by Gasteiger charge is 2.19. The van der Waals surface area contributed by atoms with Gasteiger partial charge in [0, 0.05) is 5.56 Å². The third kappa shape index (κ3) is 5.33. The number of rotatable bonds is 5. The normalized spacial score (nSPS) is 20.5. The van der Waals surface area contributed by atoms with E-state index < -0.39 is 11.7 Å². The van der Waals surface area contributed by atoms with Gasteiger partial charge in [0.1, 0.15) is 0 Å². The van der Waals surface area contributed by atoms with E-state index in [2.05, 4.69) is 44.1 Å². The van der Waals surface area contributed by atoms with Crippen LogP contribution in [0.5, 0.6) is 0 Å². The second-order valence-corrected chi connectivity index (χ2v) is 6.79. The first-order valence-electron chi connectivity index (χ1n) is 9.11. The van der Waals surface area contributed by atoms with Crippen LogP contribution in [0.3, 0.4) is 0 Å². The summed E-state index contributed by atoms with van der Waals surface area (Å²) in [6.07, 6.45) is 5.00. The molecule has 0 radical (unpaired) electrons. The van der Waals surface area contributed by atoms with Crippen molar-refractivity contribution in [3.05, 3.63) is 71.5 Å². The quantitative estimate of drug-likeness (QED) is 0.328. The lowest BCUT2D eigenvalue weighted by Gasteiger charge is -2.26. The number of hydrogen-bond acceptors (Lipinski definition) is 1. The summed E-state index contributed by atoms with van der Waals surface area (Å²) in [5.74, 6) is 4.19. The molecule has 0 unspecified atom stereocenters. The molecule has 0 N–H and O–H groups in total. The van der Waals surface area contributed by atoms with E-state index in [0.717, 1.165) is 11.5 Å². The summed E-state index contributed by atoms with van der Waals surface area (Å²) in [6, 6.07) is 8.00. The fourth-order valence-corrected chi connectivity index (χ4v) is 3.13. The fraction of sp³-hybridized carbons (Fsp3) is 0.391. The van der Waals surface area contributed by atoms with Crippen LogP contribution in [0.1, 0.15) is 56.6 Å². The van der Waals surface area contributed by atoms with Crippen LogP contribution in [0.15, 0.2) is 60.4 Å². The van der Waals surface area contributed by atoms with E-state index in [9.17, 15) is 8.78 Å². The third-order valence-electron chi connectivity index (χ3n) is 4.78. The number of halogens is 2. The van der Waals surface area contributed by atoms with Crippen molar-refractivity contribution >= 4 is 0 Å². The Morgan fingerprint density at radius 1 is 1.08 bits per heavy atom. The number of allylic oxidation sites excluding steroid dienone is 3. The van der Waals surface area contributed by atoms with Gasteiger partial charge in [-0.3, -0.25) is 0 Å². The molecule has 138 valence electrons. The van der Waals surface area contributed by atoms with Gasteiger partial charge in [-0.05, 0) is 49.3 Å². The van der Waals surface area contributed by atoms with Crippen molar-refractivity contribution in [1.29, 1.82) is 0 Å². The fourth-order valence-electron chi connectivity index (χ4n) is 3.13. The van der Waals surface area contributed by atoms with Crippen LogP contribution in [0, 0.1) is 17.8 Å². The maximum absolute atomic E-state index is 14.0. The van der Waals surface area contributed by atoms with Gasteiger partial charge in [-0.15, -0.1) is 0 Å². The Balaban J connectivity index is 2.04. The van der Waals surface area contributed by atoms with Gasteiger partial charge in [-0.2, -0.15) is 4.39 Å². The lowest BCUT2D eigenvalue weighted by molar-refractivity contribution is 0.224. The molecule has 3 heteroatoms. The molecular formula is C23H26F2O. The lowest BCUT2D eigenvalue weighted by Crippen LogP contribution is -2.10. The molecule has 0 amide bonds. The Morgan fingerprint density at radius 3 is 2.27 bits per heavy atom. The molecule has 0 spiro atoms. The molecule has 1 aliphatic rings. The minimum atomic E-state index is -1.16. The van der Waals surface area contributed by atoms with Gasteiger partial charge in [-0.25, -0.2) is 4.39 Å². The molecule has 1 nitrogen and oxygen atoms in total. The molecule has 1 aromatic rings. The molecule has 0 saturated heterocycles. The van der Waals surface area contributed by atoms with Crippen molar-refractivity contribution in [1.82, 2.24) is 0 Å². The van der Waals surface area contributed by atoms with Gasteiger partial charge in [0.05, 0.1) is 12.2 Å². The van der Waals surface area contributed by atoms with Gasteiger partial charge in [0.25, 0.3) is 0 Å². The summed E-state index contributed by atoms with van der Waals surface area (Å²) in [6.45, 7) is 11.0. The highest BCUT2D eigenvalue weighted by molar-refractivity contribution is 5.48. The predicted octanol–water partition coefficient (Wildman–Crippen LogP) is 6.59. The molecule has 2 rings (SSSR count). The second-order valence-electron chi connectivity index (χ2n) is 6.79. The van der Waals surface area contributed by atoms with Crippen LogP contribution in [-0.4, -0.2) is 6.61 Å². The van der Waals surface area contributed by atoms with Crippen LogP contribution in [0.4, 0.5) is 8.78 Å². The maximum atomic E-state index is 14.0. The molecular weight excluding hydrogens is 330 g/mol. The summed E-state index contributed by atoms with van der Waals surface area (Å²) >= 11 is 0. The Bertz CT molecular complexity index is 739. The standard InChI is InChI=1S/C23H26F2O/c1-5-26-18(4)23(25)22(24)17(3)8-9-19-10-14-21(15-11-19)20-12-6-16(2)7-13-20/h10-11,14-16,20H,3-7,12-13H2,1-2H3/b23-22-. The molecule has 1 fully saturated rings. The largest absolute Gasteiger partial charge is 0.491 e. The summed E-state index contributed by atoms with van der Waals surface area (Å²) < 4.78 is 32.6. The molecule has 0 aliphatic heterocycles. The van der Waals surface area contributed by atoms with Crippen molar-refractivity contribution in [2.45, 2.75) is 45.4 Å². The van der Waals surface area contributed by atoms with Crippen LogP contribution in [-0.2, 0) is 4.74 Å². The average Bonchev–Trinajstić information content (AvgIpc) is 2.66. The topological polar surface area (TPSA) is 9.23 Å². The lowest BCUT2D eigenvalue weighted by atomic mass is 9.79. The molecule has 26 heavy (non-hydrogen) atoms. The summed E-state index contributed by atoms with van der Waals surface area (Å²) in [7, 11) is 0. The number of ether oxygens (including phenoxy) is 1. The van der Waals surface area contributed by atoms with Gasteiger partial charge in [0.15, 0.2) is 11.6 Å². The van der Waals surface area contributed by atoms with Gasteiger partial charge in [-0.1, -0.05) is 56.9 Å². The van der Waals surface area contributed by atoms with E-state index in [1.54, 1.807) is 6.92 Å². The molecule has 0 bridgehead atoms. The first kappa shape index (κ1) is 20.0. The summed E-state index contributed by atoms with van der Waals surface area (Å²) in [4.78, 5) is 0. The van der Waals surface area contributed by atoms with Crippen molar-refractivity contribution in [3.8, 4) is 11.8 Å². The van der Waals surface area contributed by atoms with Crippen LogP contribution in [0.25, 0.3) is 0 Å². The third-order valence-corrected chi connectivity index (χ3v) is 4.78. The monoisotopic (exact) mass is 356 g/mol. The van der Waals surface area contributed by atoms with Gasteiger partial charge >= 0.3 is 0 Å². The molecule has 1 aliphatic carbocycles. The van der Waals surface area contributed by atoms with Crippen molar-refractivity contribution in [2.75, 3.05) is 6.61 Å². The first-order valence-corrected chi connectivity index (χ1v) is 9.11. The Morgan fingerprint density at radius 2 is 1.69 bits per heavy atom. The molecule has 0 heterocycles.